The number of carbonyl (C=O) groups is 1. The van der Waals surface area contributed by atoms with Crippen LogP contribution in [0.1, 0.15) is 42.9 Å². The summed E-state index contributed by atoms with van der Waals surface area (Å²) in [6, 6.07) is 13.7. The third-order valence-corrected chi connectivity index (χ3v) is 5.39. The maximum atomic E-state index is 12.9. The van der Waals surface area contributed by atoms with Crippen LogP contribution in [0.5, 0.6) is 11.5 Å². The van der Waals surface area contributed by atoms with E-state index >= 15 is 0 Å². The first-order valence-electron chi connectivity index (χ1n) is 9.38. The third-order valence-electron chi connectivity index (χ3n) is 5.14. The van der Waals surface area contributed by atoms with Crippen molar-refractivity contribution >= 4 is 17.5 Å². The predicted octanol–water partition coefficient (Wildman–Crippen LogP) is 5.04. The minimum absolute atomic E-state index is 0.0538. The number of nitrogens with zero attached hydrogens (tertiary/aromatic N) is 1. The van der Waals surface area contributed by atoms with Crippen LogP contribution in [0.15, 0.2) is 42.5 Å². The van der Waals surface area contributed by atoms with Crippen molar-refractivity contribution in [2.24, 2.45) is 0 Å². The van der Waals surface area contributed by atoms with E-state index in [0.29, 0.717) is 6.42 Å². The number of carbonyl (C=O) groups excluding carboxylic acids is 1. The van der Waals surface area contributed by atoms with Crippen LogP contribution in [-0.4, -0.2) is 31.6 Å². The monoisotopic (exact) mass is 387 g/mol. The molecule has 1 atom stereocenters. The van der Waals surface area contributed by atoms with Gasteiger partial charge in [-0.15, -0.1) is 0 Å². The lowest BCUT2D eigenvalue weighted by Crippen LogP contribution is -2.30. The molecule has 0 bridgehead atoms. The van der Waals surface area contributed by atoms with Gasteiger partial charge in [0, 0.05) is 23.6 Å². The van der Waals surface area contributed by atoms with E-state index in [1.54, 1.807) is 14.2 Å². The van der Waals surface area contributed by atoms with E-state index < -0.39 is 0 Å². The first-order valence-corrected chi connectivity index (χ1v) is 9.76. The van der Waals surface area contributed by atoms with E-state index in [2.05, 4.69) is 0 Å². The van der Waals surface area contributed by atoms with Gasteiger partial charge in [-0.25, -0.2) is 0 Å². The Morgan fingerprint density at radius 2 is 1.93 bits per heavy atom. The van der Waals surface area contributed by atoms with Gasteiger partial charge >= 0.3 is 0 Å². The Bertz CT molecular complexity index is 776. The second-order valence-electron chi connectivity index (χ2n) is 6.83. The Hall–Kier alpha value is -2.20. The Morgan fingerprint density at radius 3 is 2.63 bits per heavy atom. The summed E-state index contributed by atoms with van der Waals surface area (Å²) in [6.07, 6.45) is 4.22. The predicted molar refractivity (Wildman–Crippen MR) is 108 cm³/mol. The lowest BCUT2D eigenvalue weighted by molar-refractivity contribution is -0.132. The van der Waals surface area contributed by atoms with Crippen LogP contribution in [0.2, 0.25) is 5.02 Å². The fourth-order valence-corrected chi connectivity index (χ4v) is 3.85. The van der Waals surface area contributed by atoms with Crippen molar-refractivity contribution < 1.29 is 14.3 Å². The average Bonchev–Trinajstić information content (AvgIpc) is 3.18. The summed E-state index contributed by atoms with van der Waals surface area (Å²) < 4.78 is 10.9. The molecule has 1 amide bonds. The number of benzene rings is 2. The molecule has 0 aromatic heterocycles. The molecule has 0 radical (unpaired) electrons. The summed E-state index contributed by atoms with van der Waals surface area (Å²) in [6.45, 7) is 0.796. The molecule has 1 aliphatic heterocycles. The number of likely N-dealkylation sites (tertiary alicyclic amines) is 1. The van der Waals surface area contributed by atoms with Gasteiger partial charge in [-0.1, -0.05) is 23.7 Å². The number of methoxy groups -OCH3 is 2. The molecule has 0 saturated carbocycles. The standard InChI is InChI=1S/C22H26ClNO3/c1-26-18-12-13-21(27-2)19(15-18)20-6-4-14-24(20)22(25)7-3-5-16-8-10-17(23)11-9-16/h8-13,15,20H,3-7,14H2,1-2H3. The molecule has 0 spiro atoms. The maximum absolute atomic E-state index is 12.9. The summed E-state index contributed by atoms with van der Waals surface area (Å²) in [5.74, 6) is 1.80. The molecule has 1 unspecified atom stereocenters. The van der Waals surface area contributed by atoms with Gasteiger partial charge in [-0.2, -0.15) is 0 Å². The summed E-state index contributed by atoms with van der Waals surface area (Å²) in [5.41, 5.74) is 2.24. The van der Waals surface area contributed by atoms with E-state index in [9.17, 15) is 4.79 Å². The fraction of sp³-hybridized carbons (Fsp3) is 0.409. The molecule has 1 fully saturated rings. The number of hydrogen-bond donors (Lipinski definition) is 0. The molecule has 2 aromatic rings. The number of ether oxygens (including phenoxy) is 2. The minimum atomic E-state index is 0.0538. The van der Waals surface area contributed by atoms with Crippen molar-refractivity contribution in [1.29, 1.82) is 0 Å². The van der Waals surface area contributed by atoms with Crippen molar-refractivity contribution in [3.63, 3.8) is 0 Å². The van der Waals surface area contributed by atoms with Gasteiger partial charge in [-0.05, 0) is 61.6 Å². The smallest absolute Gasteiger partial charge is 0.223 e. The SMILES string of the molecule is COc1ccc(OC)c(C2CCCN2C(=O)CCCc2ccc(Cl)cc2)c1. The maximum Gasteiger partial charge on any atom is 0.223 e. The second kappa shape index (κ2) is 9.14. The fourth-order valence-electron chi connectivity index (χ4n) is 3.73. The number of aryl methyl sites for hydroxylation is 1. The van der Waals surface area contributed by atoms with Gasteiger partial charge in [0.1, 0.15) is 11.5 Å². The number of amides is 1. The number of halogens is 1. The van der Waals surface area contributed by atoms with Crippen molar-refractivity contribution in [1.82, 2.24) is 4.90 Å². The van der Waals surface area contributed by atoms with E-state index in [-0.39, 0.29) is 11.9 Å². The molecule has 2 aromatic carbocycles. The Kier molecular flexibility index (Phi) is 6.62. The van der Waals surface area contributed by atoms with Crippen molar-refractivity contribution in [2.75, 3.05) is 20.8 Å². The number of rotatable bonds is 7. The zero-order valence-corrected chi connectivity index (χ0v) is 16.7. The summed E-state index contributed by atoms with van der Waals surface area (Å²) in [7, 11) is 3.32. The zero-order valence-electron chi connectivity index (χ0n) is 15.9. The van der Waals surface area contributed by atoms with Gasteiger partial charge in [0.15, 0.2) is 0 Å². The average molecular weight is 388 g/mol. The Morgan fingerprint density at radius 1 is 1.15 bits per heavy atom. The van der Waals surface area contributed by atoms with Gasteiger partial charge in [-0.3, -0.25) is 4.79 Å². The molecule has 4 nitrogen and oxygen atoms in total. The highest BCUT2D eigenvalue weighted by atomic mass is 35.5. The minimum Gasteiger partial charge on any atom is -0.497 e. The van der Waals surface area contributed by atoms with Gasteiger partial charge in [0.25, 0.3) is 0 Å². The summed E-state index contributed by atoms with van der Waals surface area (Å²) >= 11 is 5.92. The molecule has 144 valence electrons. The topological polar surface area (TPSA) is 38.8 Å². The normalized spacial score (nSPS) is 16.4. The van der Waals surface area contributed by atoms with Crippen LogP contribution in [0.25, 0.3) is 0 Å². The second-order valence-corrected chi connectivity index (χ2v) is 7.27. The van der Waals surface area contributed by atoms with Crippen molar-refractivity contribution in [3.05, 3.63) is 58.6 Å². The van der Waals surface area contributed by atoms with E-state index in [1.807, 2.05) is 47.4 Å². The highest BCUT2D eigenvalue weighted by molar-refractivity contribution is 6.30. The molecule has 0 N–H and O–H groups in total. The van der Waals surface area contributed by atoms with Gasteiger partial charge in [0.2, 0.25) is 5.91 Å². The van der Waals surface area contributed by atoms with E-state index in [0.717, 1.165) is 54.3 Å². The van der Waals surface area contributed by atoms with Gasteiger partial charge in [0.05, 0.1) is 20.3 Å². The molecule has 0 aliphatic carbocycles. The lowest BCUT2D eigenvalue weighted by Gasteiger charge is -2.27. The highest BCUT2D eigenvalue weighted by Crippen LogP contribution is 2.39. The molecular formula is C22H26ClNO3. The first kappa shape index (κ1) is 19.6. The van der Waals surface area contributed by atoms with Crippen LogP contribution in [0.3, 0.4) is 0 Å². The first-order chi connectivity index (χ1) is 13.1. The summed E-state index contributed by atoms with van der Waals surface area (Å²) in [4.78, 5) is 14.9. The van der Waals surface area contributed by atoms with Crippen LogP contribution in [0.4, 0.5) is 0 Å². The molecule has 1 heterocycles. The number of hydrogen-bond acceptors (Lipinski definition) is 3. The molecule has 1 aliphatic rings. The molecule has 27 heavy (non-hydrogen) atoms. The Labute approximate surface area is 166 Å². The van der Waals surface area contributed by atoms with Crippen LogP contribution in [0, 0.1) is 0 Å². The highest BCUT2D eigenvalue weighted by Gasteiger charge is 2.31. The lowest BCUT2D eigenvalue weighted by atomic mass is 10.0. The van der Waals surface area contributed by atoms with Crippen LogP contribution >= 0.6 is 11.6 Å². The van der Waals surface area contributed by atoms with E-state index in [4.69, 9.17) is 21.1 Å². The largest absolute Gasteiger partial charge is 0.497 e. The van der Waals surface area contributed by atoms with Crippen molar-refractivity contribution in [3.8, 4) is 11.5 Å². The van der Waals surface area contributed by atoms with Crippen LogP contribution in [-0.2, 0) is 11.2 Å². The van der Waals surface area contributed by atoms with E-state index in [1.165, 1.54) is 5.56 Å². The molecular weight excluding hydrogens is 362 g/mol. The third kappa shape index (κ3) is 4.75. The molecule has 1 saturated heterocycles. The Balaban J connectivity index is 1.65. The quantitative estimate of drug-likeness (QED) is 0.667. The molecule has 3 rings (SSSR count). The summed E-state index contributed by atoms with van der Waals surface area (Å²) in [5, 5.41) is 0.738. The van der Waals surface area contributed by atoms with Crippen molar-refractivity contribution in [2.45, 2.75) is 38.1 Å². The van der Waals surface area contributed by atoms with Gasteiger partial charge < -0.3 is 14.4 Å². The molecule has 5 heteroatoms. The zero-order chi connectivity index (χ0) is 19.2. The van der Waals surface area contributed by atoms with Crippen LogP contribution < -0.4 is 9.47 Å².